The van der Waals surface area contributed by atoms with Crippen LogP contribution in [0.1, 0.15) is 5.69 Å². The van der Waals surface area contributed by atoms with Crippen molar-refractivity contribution < 1.29 is 4.92 Å². The van der Waals surface area contributed by atoms with Gasteiger partial charge in [-0.3, -0.25) is 15.4 Å². The Kier molecular flexibility index (Phi) is 3.33. The molecule has 0 unspecified atom stereocenters. The molecule has 0 saturated heterocycles. The van der Waals surface area contributed by atoms with Gasteiger partial charge in [0.15, 0.2) is 5.13 Å². The summed E-state index contributed by atoms with van der Waals surface area (Å²) in [5.74, 6) is 0.421. The van der Waals surface area contributed by atoms with Crippen molar-refractivity contribution in [2.45, 2.75) is 6.92 Å². The lowest BCUT2D eigenvalue weighted by Gasteiger charge is -2.04. The molecule has 0 saturated carbocycles. The maximum absolute atomic E-state index is 10.7. The molecule has 0 aliphatic carbocycles. The third-order valence-corrected chi connectivity index (χ3v) is 2.92. The summed E-state index contributed by atoms with van der Waals surface area (Å²) in [5.41, 5.74) is 0.719. The number of nitrogens with one attached hydrogen (secondary N) is 2. The minimum atomic E-state index is -0.539. The summed E-state index contributed by atoms with van der Waals surface area (Å²) < 4.78 is 0. The van der Waals surface area contributed by atoms with E-state index in [2.05, 4.69) is 25.6 Å². The number of hydrogen-bond donors (Lipinski definition) is 2. The Hall–Kier alpha value is -2.29. The van der Waals surface area contributed by atoms with Gasteiger partial charge in [0.1, 0.15) is 6.20 Å². The Bertz CT molecular complexity index is 584. The zero-order valence-electron chi connectivity index (χ0n) is 9.67. The van der Waals surface area contributed by atoms with Gasteiger partial charge in [0, 0.05) is 12.4 Å². The van der Waals surface area contributed by atoms with E-state index in [4.69, 9.17) is 0 Å². The van der Waals surface area contributed by atoms with E-state index in [1.807, 2.05) is 12.3 Å². The first-order chi connectivity index (χ1) is 8.60. The Morgan fingerprint density at radius 1 is 1.44 bits per heavy atom. The van der Waals surface area contributed by atoms with Gasteiger partial charge >= 0.3 is 5.69 Å². The summed E-state index contributed by atoms with van der Waals surface area (Å²) in [7, 11) is 1.56. The molecular weight excluding hydrogens is 256 g/mol. The fourth-order valence-electron chi connectivity index (χ4n) is 1.26. The largest absolute Gasteiger partial charge is 0.367 e. The third kappa shape index (κ3) is 2.51. The molecule has 2 aromatic heterocycles. The minimum absolute atomic E-state index is 0.158. The van der Waals surface area contributed by atoms with Gasteiger partial charge in [-0.25, -0.2) is 9.97 Å². The van der Waals surface area contributed by atoms with Crippen molar-refractivity contribution in [1.82, 2.24) is 15.0 Å². The van der Waals surface area contributed by atoms with Crippen LogP contribution in [-0.4, -0.2) is 26.9 Å². The van der Waals surface area contributed by atoms with Crippen LogP contribution in [0.3, 0.4) is 0 Å². The van der Waals surface area contributed by atoms with E-state index < -0.39 is 4.92 Å². The topological polar surface area (TPSA) is 106 Å². The predicted molar refractivity (Wildman–Crippen MR) is 68.4 cm³/mol. The highest BCUT2D eigenvalue weighted by atomic mass is 32.1. The van der Waals surface area contributed by atoms with Crippen LogP contribution < -0.4 is 10.6 Å². The number of anilines is 3. The lowest BCUT2D eigenvalue weighted by atomic mass is 10.5. The zero-order valence-corrected chi connectivity index (χ0v) is 10.5. The Morgan fingerprint density at radius 3 is 2.78 bits per heavy atom. The summed E-state index contributed by atoms with van der Waals surface area (Å²) in [4.78, 5) is 22.2. The summed E-state index contributed by atoms with van der Waals surface area (Å²) in [5, 5.41) is 18.8. The fraction of sp³-hybridized carbons (Fsp3) is 0.222. The molecule has 0 radical (unpaired) electrons. The first kappa shape index (κ1) is 12.2. The lowest BCUT2D eigenvalue weighted by molar-refractivity contribution is -0.384. The molecule has 0 spiro atoms. The highest BCUT2D eigenvalue weighted by Gasteiger charge is 2.16. The molecule has 0 aromatic carbocycles. The smallest absolute Gasteiger partial charge is 0.329 e. The quantitative estimate of drug-likeness (QED) is 0.643. The van der Waals surface area contributed by atoms with Gasteiger partial charge in [-0.15, -0.1) is 11.3 Å². The standard InChI is InChI=1S/C9H10N6O2S/c1-5-4-18-9(12-5)14-8-11-3-6(15(16)17)7(10-2)13-8/h3-4H,1-2H3,(H2,10,11,12,13,14). The summed E-state index contributed by atoms with van der Waals surface area (Å²) in [6.07, 6.45) is 1.15. The highest BCUT2D eigenvalue weighted by Crippen LogP contribution is 2.23. The molecule has 0 aliphatic rings. The Labute approximate surface area is 106 Å². The fourth-order valence-corrected chi connectivity index (χ4v) is 1.94. The number of nitrogens with zero attached hydrogens (tertiary/aromatic N) is 4. The number of thiazole rings is 1. The van der Waals surface area contributed by atoms with Crippen molar-refractivity contribution in [3.8, 4) is 0 Å². The van der Waals surface area contributed by atoms with Crippen molar-refractivity contribution >= 4 is 33.9 Å². The van der Waals surface area contributed by atoms with Crippen molar-refractivity contribution in [3.05, 3.63) is 27.4 Å². The van der Waals surface area contributed by atoms with Crippen LogP contribution in [0.5, 0.6) is 0 Å². The average Bonchev–Trinajstić information content (AvgIpc) is 2.74. The lowest BCUT2D eigenvalue weighted by Crippen LogP contribution is -2.04. The van der Waals surface area contributed by atoms with Gasteiger partial charge in [0.05, 0.1) is 10.6 Å². The molecule has 0 aliphatic heterocycles. The van der Waals surface area contributed by atoms with Gasteiger partial charge in [0.25, 0.3) is 0 Å². The molecule has 94 valence electrons. The molecule has 2 aromatic rings. The van der Waals surface area contributed by atoms with E-state index in [1.54, 1.807) is 7.05 Å². The summed E-state index contributed by atoms with van der Waals surface area (Å²) in [6.45, 7) is 1.87. The maximum atomic E-state index is 10.7. The normalized spacial score (nSPS) is 10.1. The van der Waals surface area contributed by atoms with E-state index in [1.165, 1.54) is 11.3 Å². The van der Waals surface area contributed by atoms with Gasteiger partial charge < -0.3 is 5.32 Å². The van der Waals surface area contributed by atoms with E-state index in [0.29, 0.717) is 5.13 Å². The van der Waals surface area contributed by atoms with Crippen LogP contribution in [0.15, 0.2) is 11.6 Å². The number of aryl methyl sites for hydroxylation is 1. The van der Waals surface area contributed by atoms with Crippen LogP contribution in [0.2, 0.25) is 0 Å². The molecule has 0 atom stereocenters. The second kappa shape index (κ2) is 4.92. The van der Waals surface area contributed by atoms with Crippen LogP contribution in [0, 0.1) is 17.0 Å². The first-order valence-electron chi connectivity index (χ1n) is 4.98. The summed E-state index contributed by atoms with van der Waals surface area (Å²) >= 11 is 1.41. The van der Waals surface area contributed by atoms with Crippen LogP contribution in [-0.2, 0) is 0 Å². The van der Waals surface area contributed by atoms with Crippen LogP contribution >= 0.6 is 11.3 Å². The van der Waals surface area contributed by atoms with Gasteiger partial charge in [-0.2, -0.15) is 4.98 Å². The molecular formula is C9H10N6O2S. The second-order valence-electron chi connectivity index (χ2n) is 3.35. The number of aromatic nitrogens is 3. The molecule has 2 heterocycles. The van der Waals surface area contributed by atoms with E-state index in [9.17, 15) is 10.1 Å². The highest BCUT2D eigenvalue weighted by molar-refractivity contribution is 7.13. The molecule has 9 heteroatoms. The van der Waals surface area contributed by atoms with Crippen LogP contribution in [0.25, 0.3) is 0 Å². The van der Waals surface area contributed by atoms with Crippen molar-refractivity contribution in [3.63, 3.8) is 0 Å². The zero-order chi connectivity index (χ0) is 13.1. The predicted octanol–water partition coefficient (Wildman–Crippen LogP) is 1.94. The van der Waals surface area contributed by atoms with Crippen molar-refractivity contribution in [2.75, 3.05) is 17.7 Å². The molecule has 0 bridgehead atoms. The van der Waals surface area contributed by atoms with Gasteiger partial charge in [0.2, 0.25) is 11.8 Å². The molecule has 18 heavy (non-hydrogen) atoms. The van der Waals surface area contributed by atoms with Crippen molar-refractivity contribution in [1.29, 1.82) is 0 Å². The Morgan fingerprint density at radius 2 is 2.22 bits per heavy atom. The average molecular weight is 266 g/mol. The SMILES string of the molecule is CNc1nc(Nc2nc(C)cs2)ncc1[N+](=O)[O-]. The van der Waals surface area contributed by atoms with E-state index >= 15 is 0 Å². The first-order valence-corrected chi connectivity index (χ1v) is 5.86. The number of rotatable bonds is 4. The molecule has 0 amide bonds. The molecule has 2 N–H and O–H groups in total. The minimum Gasteiger partial charge on any atom is -0.367 e. The van der Waals surface area contributed by atoms with Crippen molar-refractivity contribution in [2.24, 2.45) is 0 Å². The molecule has 0 fully saturated rings. The maximum Gasteiger partial charge on any atom is 0.329 e. The number of nitro groups is 1. The van der Waals surface area contributed by atoms with Crippen LogP contribution in [0.4, 0.5) is 22.6 Å². The number of hydrogen-bond acceptors (Lipinski definition) is 8. The molecule has 8 nitrogen and oxygen atoms in total. The third-order valence-electron chi connectivity index (χ3n) is 2.04. The van der Waals surface area contributed by atoms with Gasteiger partial charge in [-0.1, -0.05) is 0 Å². The van der Waals surface area contributed by atoms with Gasteiger partial charge in [-0.05, 0) is 6.92 Å². The van der Waals surface area contributed by atoms with E-state index in [-0.39, 0.29) is 17.5 Å². The van der Waals surface area contributed by atoms with E-state index in [0.717, 1.165) is 11.9 Å². The second-order valence-corrected chi connectivity index (χ2v) is 4.21. The Balaban J connectivity index is 2.27. The monoisotopic (exact) mass is 266 g/mol. The molecule has 2 rings (SSSR count). The summed E-state index contributed by atoms with van der Waals surface area (Å²) in [6, 6.07) is 0.